The van der Waals surface area contributed by atoms with E-state index >= 15 is 0 Å². The second-order valence-electron chi connectivity index (χ2n) is 9.68. The summed E-state index contributed by atoms with van der Waals surface area (Å²) < 4.78 is 62.6. The number of rotatable bonds is 5. The van der Waals surface area contributed by atoms with Gasteiger partial charge in [-0.2, -0.15) is 0 Å². The molecular weight excluding hydrogens is 545 g/mol. The predicted molar refractivity (Wildman–Crippen MR) is 146 cm³/mol. The highest BCUT2D eigenvalue weighted by molar-refractivity contribution is 7.91. The molecule has 8 nitrogen and oxygen atoms in total. The summed E-state index contributed by atoms with van der Waals surface area (Å²) in [6, 6.07) is 18.3. The lowest BCUT2D eigenvalue weighted by Crippen LogP contribution is -2.55. The Bertz CT molecular complexity index is 1520. The van der Waals surface area contributed by atoms with Crippen LogP contribution in [0.4, 0.5) is 30.2 Å². The Labute approximate surface area is 230 Å². The first-order valence-corrected chi connectivity index (χ1v) is 14.3. The number of amides is 1. The smallest absolute Gasteiger partial charge is 0.406 e. The monoisotopic (exact) mass is 574 g/mol. The molecule has 1 aliphatic carbocycles. The number of carbonyl (C=O) groups is 1. The number of nitrogens with one attached hydrogen (secondary N) is 1. The first-order chi connectivity index (χ1) is 19.0. The van der Waals surface area contributed by atoms with E-state index in [1.54, 1.807) is 24.1 Å². The zero-order chi connectivity index (χ0) is 28.7. The fourth-order valence-corrected chi connectivity index (χ4v) is 7.04. The van der Waals surface area contributed by atoms with Crippen molar-refractivity contribution in [2.24, 2.45) is 4.36 Å². The maximum absolute atomic E-state index is 13.9. The van der Waals surface area contributed by atoms with Gasteiger partial charge in [0, 0.05) is 20.1 Å². The van der Waals surface area contributed by atoms with Gasteiger partial charge in [0.15, 0.2) is 0 Å². The molecule has 1 aliphatic heterocycles. The molecule has 12 heteroatoms. The van der Waals surface area contributed by atoms with Crippen molar-refractivity contribution in [2.75, 3.05) is 23.9 Å². The van der Waals surface area contributed by atoms with Crippen LogP contribution in [0.2, 0.25) is 0 Å². The van der Waals surface area contributed by atoms with Gasteiger partial charge in [-0.15, -0.1) is 13.2 Å². The normalized spacial score (nSPS) is 22.6. The number of hydrogen-bond acceptors (Lipinski definition) is 6. The number of aliphatic hydroxyl groups is 1. The second kappa shape index (κ2) is 10.8. The molecule has 212 valence electrons. The molecule has 1 fully saturated rings. The predicted octanol–water partition coefficient (Wildman–Crippen LogP) is 5.26. The lowest BCUT2D eigenvalue weighted by atomic mass is 9.86. The number of anilines is 3. The molecule has 1 heterocycles. The van der Waals surface area contributed by atoms with Gasteiger partial charge in [-0.1, -0.05) is 24.3 Å². The molecule has 3 aromatic rings. The van der Waals surface area contributed by atoms with E-state index in [-0.39, 0.29) is 10.8 Å². The molecule has 0 bridgehead atoms. The molecule has 0 radical (unpaired) electrons. The number of alkyl halides is 3. The van der Waals surface area contributed by atoms with Gasteiger partial charge in [-0.25, -0.2) is 13.3 Å². The van der Waals surface area contributed by atoms with E-state index in [0.717, 1.165) is 17.8 Å². The van der Waals surface area contributed by atoms with Crippen molar-refractivity contribution in [3.8, 4) is 5.75 Å². The van der Waals surface area contributed by atoms with E-state index in [4.69, 9.17) is 0 Å². The van der Waals surface area contributed by atoms with Crippen LogP contribution in [0, 0.1) is 0 Å². The van der Waals surface area contributed by atoms with Crippen LogP contribution in [0.3, 0.4) is 0 Å². The third kappa shape index (κ3) is 5.26. The molecule has 0 spiro atoms. The molecule has 5 rings (SSSR count). The second-order valence-corrected chi connectivity index (χ2v) is 11.8. The highest BCUT2D eigenvalue weighted by Crippen LogP contribution is 2.44. The SMILES string of the molecule is CN=S(=O)(NC1CCCC(N2c3ccccc3C(=O)N(C)c3ccccc32)C1O)c1ccc(OC(F)(F)F)cc1. The Morgan fingerprint density at radius 1 is 0.975 bits per heavy atom. The number of carbonyl (C=O) groups excluding carboxylic acids is 1. The molecule has 2 aliphatic rings. The zero-order valence-electron chi connectivity index (χ0n) is 21.8. The van der Waals surface area contributed by atoms with Crippen molar-refractivity contribution in [1.82, 2.24) is 4.72 Å². The Balaban J connectivity index is 1.48. The van der Waals surface area contributed by atoms with E-state index < -0.39 is 40.2 Å². The lowest BCUT2D eigenvalue weighted by molar-refractivity contribution is -0.274. The van der Waals surface area contributed by atoms with Crippen molar-refractivity contribution >= 4 is 32.9 Å². The van der Waals surface area contributed by atoms with Crippen molar-refractivity contribution in [1.29, 1.82) is 0 Å². The lowest BCUT2D eigenvalue weighted by Gasteiger charge is -2.43. The van der Waals surface area contributed by atoms with E-state index in [0.29, 0.717) is 36.2 Å². The van der Waals surface area contributed by atoms with E-state index in [9.17, 15) is 27.3 Å². The summed E-state index contributed by atoms with van der Waals surface area (Å²) in [6.07, 6.45) is -4.09. The standard InChI is InChI=1S/C28H29F3N4O4S/c1-32-40(38,19-16-14-18(15-17-19)39-28(29,30)31)33-21-9-7-13-25(26(21)36)35-22-10-4-3-8-20(22)27(37)34(2)23-11-5-6-12-24(23)35/h3-6,8,10-12,14-17,21,25-26,36H,7,9,13H2,1-2H3,(H,32,33,38). The van der Waals surface area contributed by atoms with Gasteiger partial charge in [0.2, 0.25) is 0 Å². The molecule has 2 N–H and O–H groups in total. The summed E-state index contributed by atoms with van der Waals surface area (Å²) in [4.78, 5) is 17.1. The minimum absolute atomic E-state index is 0.163. The molecule has 40 heavy (non-hydrogen) atoms. The summed E-state index contributed by atoms with van der Waals surface area (Å²) in [7, 11) is -0.235. The summed E-state index contributed by atoms with van der Waals surface area (Å²) in [5, 5.41) is 11.7. The van der Waals surface area contributed by atoms with E-state index in [2.05, 4.69) is 13.8 Å². The highest BCUT2D eigenvalue weighted by atomic mass is 32.2. The molecule has 0 aromatic heterocycles. The number of hydrogen-bond donors (Lipinski definition) is 2. The van der Waals surface area contributed by atoms with Gasteiger partial charge in [-0.05, 0) is 67.8 Å². The van der Waals surface area contributed by atoms with E-state index in [1.165, 1.54) is 19.2 Å². The van der Waals surface area contributed by atoms with Crippen LogP contribution in [0.5, 0.6) is 5.75 Å². The van der Waals surface area contributed by atoms with Crippen LogP contribution in [0.15, 0.2) is 82.1 Å². The summed E-state index contributed by atoms with van der Waals surface area (Å²) >= 11 is 0. The van der Waals surface area contributed by atoms with Crippen molar-refractivity contribution in [3.05, 3.63) is 78.4 Å². The number of ether oxygens (including phenoxy) is 1. The molecule has 4 unspecified atom stereocenters. The van der Waals surface area contributed by atoms with Crippen LogP contribution in [0.1, 0.15) is 29.6 Å². The summed E-state index contributed by atoms with van der Waals surface area (Å²) in [5.74, 6) is -0.610. The maximum atomic E-state index is 13.9. The number of aliphatic hydroxyl groups excluding tert-OH is 1. The average Bonchev–Trinajstić information content (AvgIpc) is 3.02. The Morgan fingerprint density at radius 2 is 1.60 bits per heavy atom. The van der Waals surface area contributed by atoms with E-state index in [1.807, 2.05) is 41.3 Å². The minimum Gasteiger partial charge on any atom is -0.406 e. The molecule has 4 atom stereocenters. The third-order valence-corrected chi connectivity index (χ3v) is 9.35. The average molecular weight is 575 g/mol. The van der Waals surface area contributed by atoms with Gasteiger partial charge in [0.1, 0.15) is 15.7 Å². The first-order valence-electron chi connectivity index (χ1n) is 12.7. The van der Waals surface area contributed by atoms with Crippen molar-refractivity contribution in [2.45, 2.75) is 48.7 Å². The Hall–Kier alpha value is -3.61. The number of para-hydroxylation sites is 3. The Kier molecular flexibility index (Phi) is 7.51. The van der Waals surface area contributed by atoms with Crippen LogP contribution in [0.25, 0.3) is 0 Å². The maximum Gasteiger partial charge on any atom is 0.573 e. The van der Waals surface area contributed by atoms with Crippen LogP contribution in [-0.2, 0) is 9.92 Å². The highest BCUT2D eigenvalue weighted by Gasteiger charge is 2.41. The number of nitrogens with zero attached hydrogens (tertiary/aromatic N) is 3. The fraction of sp³-hybridized carbons (Fsp3) is 0.321. The first kappa shape index (κ1) is 27.9. The summed E-state index contributed by atoms with van der Waals surface area (Å²) in [6.45, 7) is 0. The van der Waals surface area contributed by atoms with Gasteiger partial charge in [0.25, 0.3) is 5.91 Å². The molecule has 0 saturated heterocycles. The fourth-order valence-electron chi connectivity index (χ4n) is 5.42. The van der Waals surface area contributed by atoms with Gasteiger partial charge < -0.3 is 19.6 Å². The number of halogens is 3. The van der Waals surface area contributed by atoms with Crippen LogP contribution in [-0.4, -0.2) is 53.9 Å². The quantitative estimate of drug-likeness (QED) is 0.434. The van der Waals surface area contributed by atoms with Gasteiger partial charge in [0.05, 0.1) is 39.7 Å². The van der Waals surface area contributed by atoms with Crippen molar-refractivity contribution < 1.29 is 32.0 Å². The minimum atomic E-state index is -4.85. The summed E-state index contributed by atoms with van der Waals surface area (Å²) in [5.41, 5.74) is 2.61. The third-order valence-electron chi connectivity index (χ3n) is 7.30. The molecule has 1 amide bonds. The zero-order valence-corrected chi connectivity index (χ0v) is 22.7. The molecular formula is C28H29F3N4O4S. The number of fused-ring (bicyclic) bond motifs is 2. The largest absolute Gasteiger partial charge is 0.573 e. The molecule has 3 aromatic carbocycles. The van der Waals surface area contributed by atoms with Gasteiger partial charge in [-0.3, -0.25) is 4.79 Å². The number of benzene rings is 3. The topological polar surface area (TPSA) is 94.5 Å². The van der Waals surface area contributed by atoms with Crippen LogP contribution < -0.4 is 19.3 Å². The van der Waals surface area contributed by atoms with Crippen LogP contribution >= 0.6 is 0 Å². The van der Waals surface area contributed by atoms with Gasteiger partial charge >= 0.3 is 6.36 Å². The van der Waals surface area contributed by atoms with Crippen molar-refractivity contribution in [3.63, 3.8) is 0 Å². The Morgan fingerprint density at radius 3 is 2.25 bits per heavy atom. The molecule has 1 saturated carbocycles.